The molecule has 0 amide bonds. The lowest BCUT2D eigenvalue weighted by molar-refractivity contribution is -0.0888. The molecule has 1 aromatic heterocycles. The molecule has 1 heterocycles. The topological polar surface area (TPSA) is 47.8 Å². The summed E-state index contributed by atoms with van der Waals surface area (Å²) >= 11 is 0. The number of aryl methyl sites for hydroxylation is 1. The highest BCUT2D eigenvalue weighted by molar-refractivity contribution is 5.98. The van der Waals surface area contributed by atoms with Crippen molar-refractivity contribution in [1.29, 1.82) is 0 Å². The van der Waals surface area contributed by atoms with E-state index < -0.39 is 17.7 Å². The number of hydrogen-bond acceptors (Lipinski definition) is 3. The molecule has 0 fully saturated rings. The van der Waals surface area contributed by atoms with Crippen LogP contribution in [0.1, 0.15) is 36.7 Å². The van der Waals surface area contributed by atoms with Crippen molar-refractivity contribution in [1.82, 2.24) is 15.0 Å². The van der Waals surface area contributed by atoms with Gasteiger partial charge in [-0.25, -0.2) is 0 Å². The van der Waals surface area contributed by atoms with Gasteiger partial charge in [-0.05, 0) is 6.42 Å². The van der Waals surface area contributed by atoms with Gasteiger partial charge in [0.05, 0.1) is 6.20 Å². The average Bonchev–Trinajstić information content (AvgIpc) is 2.64. The summed E-state index contributed by atoms with van der Waals surface area (Å²) in [6, 6.07) is 0. The predicted octanol–water partition coefficient (Wildman–Crippen LogP) is 2.21. The molecule has 0 atom stereocenters. The summed E-state index contributed by atoms with van der Waals surface area (Å²) in [5.41, 5.74) is -0.649. The van der Waals surface area contributed by atoms with Crippen LogP contribution in [0.2, 0.25) is 0 Å². The van der Waals surface area contributed by atoms with Crippen LogP contribution in [0.4, 0.5) is 13.2 Å². The van der Waals surface area contributed by atoms with Gasteiger partial charge in [-0.15, -0.1) is 5.10 Å². The maximum absolute atomic E-state index is 12.0. The molecule has 0 radical (unpaired) electrons. The van der Waals surface area contributed by atoms with Crippen LogP contribution in [-0.4, -0.2) is 27.0 Å². The number of nitrogens with zero attached hydrogens (tertiary/aromatic N) is 3. The highest BCUT2D eigenvalue weighted by Gasteiger charge is 2.41. The molecule has 0 saturated heterocycles. The zero-order chi connectivity index (χ0) is 12.2. The van der Waals surface area contributed by atoms with Crippen LogP contribution in [0.15, 0.2) is 6.20 Å². The monoisotopic (exact) mass is 235 g/mol. The van der Waals surface area contributed by atoms with Crippen LogP contribution < -0.4 is 0 Å². The molecule has 1 rings (SSSR count). The van der Waals surface area contributed by atoms with Gasteiger partial charge in [0.25, 0.3) is 5.78 Å². The van der Waals surface area contributed by atoms with Crippen molar-refractivity contribution in [2.45, 2.75) is 38.9 Å². The van der Waals surface area contributed by atoms with E-state index in [1.807, 2.05) is 6.92 Å². The molecule has 4 nitrogen and oxygen atoms in total. The highest BCUT2D eigenvalue weighted by Crippen LogP contribution is 2.19. The van der Waals surface area contributed by atoms with Crippen LogP contribution in [0.25, 0.3) is 0 Å². The number of alkyl halides is 3. The molecular formula is C9H12F3N3O. The van der Waals surface area contributed by atoms with E-state index in [4.69, 9.17) is 0 Å². The van der Waals surface area contributed by atoms with Gasteiger partial charge in [-0.1, -0.05) is 25.0 Å². The third kappa shape index (κ3) is 3.32. The largest absolute Gasteiger partial charge is 0.456 e. The molecule has 16 heavy (non-hydrogen) atoms. The Hall–Kier alpha value is -1.40. The second-order valence-corrected chi connectivity index (χ2v) is 3.40. The molecular weight excluding hydrogens is 223 g/mol. The molecule has 1 aromatic rings. The third-order valence-electron chi connectivity index (χ3n) is 2.02. The van der Waals surface area contributed by atoms with Gasteiger partial charge in [-0.3, -0.25) is 9.48 Å². The summed E-state index contributed by atoms with van der Waals surface area (Å²) in [6.07, 6.45) is -1.08. The highest BCUT2D eigenvalue weighted by atomic mass is 19.4. The zero-order valence-electron chi connectivity index (χ0n) is 8.79. The Labute approximate surface area is 90.4 Å². The summed E-state index contributed by atoms with van der Waals surface area (Å²) in [4.78, 5) is 10.8. The first kappa shape index (κ1) is 12.7. The number of carbonyl (C=O) groups is 1. The van der Waals surface area contributed by atoms with Crippen molar-refractivity contribution >= 4 is 5.78 Å². The maximum Gasteiger partial charge on any atom is 0.456 e. The van der Waals surface area contributed by atoms with Crippen LogP contribution in [0, 0.1) is 0 Å². The van der Waals surface area contributed by atoms with Crippen molar-refractivity contribution in [3.63, 3.8) is 0 Å². The standard InChI is InChI=1S/C9H12F3N3O/c1-2-3-4-5-15-6-7(13-14-15)8(16)9(10,11)12/h6H,2-5H2,1H3. The number of halogens is 3. The van der Waals surface area contributed by atoms with Crippen LogP contribution in [-0.2, 0) is 6.54 Å². The molecule has 0 spiro atoms. The van der Waals surface area contributed by atoms with Crippen molar-refractivity contribution in [3.8, 4) is 0 Å². The van der Waals surface area contributed by atoms with Crippen molar-refractivity contribution < 1.29 is 18.0 Å². The Morgan fingerprint density at radius 3 is 2.69 bits per heavy atom. The Bertz CT molecular complexity index is 359. The molecule has 0 aliphatic heterocycles. The Kier molecular flexibility index (Phi) is 4.03. The Morgan fingerprint density at radius 2 is 2.12 bits per heavy atom. The van der Waals surface area contributed by atoms with Gasteiger partial charge in [0.1, 0.15) is 0 Å². The van der Waals surface area contributed by atoms with Crippen LogP contribution in [0.5, 0.6) is 0 Å². The smallest absolute Gasteiger partial charge is 0.282 e. The van der Waals surface area contributed by atoms with Gasteiger partial charge in [-0.2, -0.15) is 13.2 Å². The average molecular weight is 235 g/mol. The second-order valence-electron chi connectivity index (χ2n) is 3.40. The number of hydrogen-bond donors (Lipinski definition) is 0. The van der Waals surface area contributed by atoms with Crippen molar-refractivity contribution in [2.75, 3.05) is 0 Å². The Balaban J connectivity index is 2.61. The zero-order valence-corrected chi connectivity index (χ0v) is 8.79. The molecule has 0 saturated carbocycles. The fourth-order valence-electron chi connectivity index (χ4n) is 1.18. The molecule has 7 heteroatoms. The van der Waals surface area contributed by atoms with Crippen molar-refractivity contribution in [3.05, 3.63) is 11.9 Å². The van der Waals surface area contributed by atoms with E-state index in [0.29, 0.717) is 6.54 Å². The predicted molar refractivity (Wildman–Crippen MR) is 49.9 cm³/mol. The number of carbonyl (C=O) groups excluding carboxylic acids is 1. The molecule has 90 valence electrons. The quantitative estimate of drug-likeness (QED) is 0.580. The van der Waals surface area contributed by atoms with Gasteiger partial charge in [0.2, 0.25) is 0 Å². The molecule has 0 bridgehead atoms. The first-order valence-corrected chi connectivity index (χ1v) is 4.96. The van der Waals surface area contributed by atoms with Gasteiger partial charge in [0.15, 0.2) is 5.69 Å². The molecule has 0 aliphatic rings. The fourth-order valence-corrected chi connectivity index (χ4v) is 1.18. The van der Waals surface area contributed by atoms with Gasteiger partial charge >= 0.3 is 6.18 Å². The lowest BCUT2D eigenvalue weighted by Gasteiger charge is -2.00. The summed E-state index contributed by atoms with van der Waals surface area (Å²) in [7, 11) is 0. The van der Waals surface area contributed by atoms with E-state index in [9.17, 15) is 18.0 Å². The first-order valence-electron chi connectivity index (χ1n) is 4.96. The number of Topliss-reactive ketones (excluding diaryl/α,β-unsaturated/α-hetero) is 1. The third-order valence-corrected chi connectivity index (χ3v) is 2.02. The van der Waals surface area contributed by atoms with E-state index in [1.165, 1.54) is 4.68 Å². The van der Waals surface area contributed by atoms with Crippen LogP contribution >= 0.6 is 0 Å². The van der Waals surface area contributed by atoms with E-state index in [-0.39, 0.29) is 0 Å². The number of ketones is 1. The van der Waals surface area contributed by atoms with E-state index >= 15 is 0 Å². The Morgan fingerprint density at radius 1 is 1.44 bits per heavy atom. The lowest BCUT2D eigenvalue weighted by atomic mass is 10.2. The SMILES string of the molecule is CCCCCn1cc(C(=O)C(F)(F)F)nn1. The first-order chi connectivity index (χ1) is 7.45. The summed E-state index contributed by atoms with van der Waals surface area (Å²) in [5.74, 6) is -1.95. The summed E-state index contributed by atoms with van der Waals surface area (Å²) < 4.78 is 37.3. The minimum absolute atomic E-state index is 0.478. The van der Waals surface area contributed by atoms with Gasteiger partial charge < -0.3 is 0 Å². The number of aromatic nitrogens is 3. The normalized spacial score (nSPS) is 11.8. The van der Waals surface area contributed by atoms with E-state index in [1.54, 1.807) is 0 Å². The number of rotatable bonds is 5. The summed E-state index contributed by atoms with van der Waals surface area (Å²) in [5, 5.41) is 6.67. The molecule has 0 aliphatic carbocycles. The lowest BCUT2D eigenvalue weighted by Crippen LogP contribution is -2.23. The number of unbranched alkanes of at least 4 members (excludes halogenated alkanes) is 2. The van der Waals surface area contributed by atoms with Crippen molar-refractivity contribution in [2.24, 2.45) is 0 Å². The maximum atomic E-state index is 12.0. The summed E-state index contributed by atoms with van der Waals surface area (Å²) in [6.45, 7) is 2.49. The fraction of sp³-hybridized carbons (Fsp3) is 0.667. The van der Waals surface area contributed by atoms with Crippen LogP contribution in [0.3, 0.4) is 0 Å². The minimum Gasteiger partial charge on any atom is -0.282 e. The molecule has 0 aromatic carbocycles. The molecule has 0 N–H and O–H groups in total. The minimum atomic E-state index is -4.88. The van der Waals surface area contributed by atoms with Gasteiger partial charge in [0, 0.05) is 6.54 Å². The van der Waals surface area contributed by atoms with E-state index in [0.717, 1.165) is 25.5 Å². The van der Waals surface area contributed by atoms with E-state index in [2.05, 4.69) is 10.3 Å². The molecule has 0 unspecified atom stereocenters. The second kappa shape index (κ2) is 5.09.